The van der Waals surface area contributed by atoms with Crippen LogP contribution in [0.5, 0.6) is 0 Å². The van der Waals surface area contributed by atoms with Crippen molar-refractivity contribution in [3.05, 3.63) is 18.4 Å². The van der Waals surface area contributed by atoms with Crippen molar-refractivity contribution in [3.8, 4) is 0 Å². The summed E-state index contributed by atoms with van der Waals surface area (Å²) < 4.78 is 0. The summed E-state index contributed by atoms with van der Waals surface area (Å²) in [6.45, 7) is 13.1. The van der Waals surface area contributed by atoms with Crippen LogP contribution in [0.1, 0.15) is 33.1 Å². The minimum atomic E-state index is 0.330. The van der Waals surface area contributed by atoms with Gasteiger partial charge < -0.3 is 4.90 Å². The Labute approximate surface area is 101 Å². The topological polar surface area (TPSA) is 6.48 Å². The third-order valence-corrected chi connectivity index (χ3v) is 3.59. The first-order valence-electron chi connectivity index (χ1n) is 6.40. The minimum absolute atomic E-state index is 0.330. The molecule has 0 aromatic heterocycles. The number of rotatable bonds is 5. The van der Waals surface area contributed by atoms with Crippen molar-refractivity contribution < 1.29 is 0 Å². The van der Waals surface area contributed by atoms with Gasteiger partial charge in [-0.15, -0.1) is 5.73 Å². The summed E-state index contributed by atoms with van der Waals surface area (Å²) in [4.78, 5) is 5.10. The highest BCUT2D eigenvalue weighted by atomic mass is 15.3. The van der Waals surface area contributed by atoms with E-state index in [-0.39, 0.29) is 0 Å². The Bertz CT molecular complexity index is 255. The van der Waals surface area contributed by atoms with Crippen LogP contribution in [0.4, 0.5) is 0 Å². The SMILES string of the molecule is C=C=CCC[C@@]1(C)CN(C)CCN1CCC. The lowest BCUT2D eigenvalue weighted by molar-refractivity contribution is 0.0140. The Kier molecular flexibility index (Phi) is 5.27. The Morgan fingerprint density at radius 2 is 2.19 bits per heavy atom. The molecule has 92 valence electrons. The van der Waals surface area contributed by atoms with Gasteiger partial charge in [0.05, 0.1) is 0 Å². The normalized spacial score (nSPS) is 27.7. The number of nitrogens with zero attached hydrogens (tertiary/aromatic N) is 2. The molecule has 0 spiro atoms. The van der Waals surface area contributed by atoms with Gasteiger partial charge >= 0.3 is 0 Å². The van der Waals surface area contributed by atoms with E-state index in [1.807, 2.05) is 0 Å². The maximum absolute atomic E-state index is 3.63. The molecule has 0 amide bonds. The van der Waals surface area contributed by atoms with Crippen LogP contribution in [-0.2, 0) is 0 Å². The average Bonchev–Trinajstić information content (AvgIpc) is 2.23. The lowest BCUT2D eigenvalue weighted by Crippen LogP contribution is -2.59. The molecule has 0 aromatic rings. The fourth-order valence-electron chi connectivity index (χ4n) is 2.70. The molecule has 1 heterocycles. The third kappa shape index (κ3) is 3.48. The number of hydrogen-bond donors (Lipinski definition) is 0. The minimum Gasteiger partial charge on any atom is -0.303 e. The molecule has 0 bridgehead atoms. The van der Waals surface area contributed by atoms with Gasteiger partial charge in [0.25, 0.3) is 0 Å². The smallest absolute Gasteiger partial charge is 0.0311 e. The molecule has 0 radical (unpaired) electrons. The summed E-state index contributed by atoms with van der Waals surface area (Å²) in [5.41, 5.74) is 3.21. The molecule has 1 saturated heterocycles. The van der Waals surface area contributed by atoms with Gasteiger partial charge in [0, 0.05) is 25.2 Å². The zero-order valence-corrected chi connectivity index (χ0v) is 11.1. The standard InChI is InChI=1S/C14H26N2/c1-5-7-8-9-14(3)13-15(4)11-12-16(14)10-6-2/h7H,1,6,8-13H2,2-4H3/t14-/m0/s1. The highest BCUT2D eigenvalue weighted by molar-refractivity contribution is 4.94. The van der Waals surface area contributed by atoms with E-state index in [4.69, 9.17) is 0 Å². The molecule has 2 heteroatoms. The molecule has 1 fully saturated rings. The van der Waals surface area contributed by atoms with Gasteiger partial charge in [-0.25, -0.2) is 0 Å². The van der Waals surface area contributed by atoms with Gasteiger partial charge in [-0.05, 0) is 45.9 Å². The van der Waals surface area contributed by atoms with E-state index in [1.54, 1.807) is 0 Å². The van der Waals surface area contributed by atoms with Gasteiger partial charge in [0.2, 0.25) is 0 Å². The van der Waals surface area contributed by atoms with E-state index in [0.717, 1.165) is 6.42 Å². The lowest BCUT2D eigenvalue weighted by atomic mass is 9.90. The van der Waals surface area contributed by atoms with Crippen molar-refractivity contribution in [3.63, 3.8) is 0 Å². The van der Waals surface area contributed by atoms with Crippen LogP contribution in [0.25, 0.3) is 0 Å². The Morgan fingerprint density at radius 1 is 1.44 bits per heavy atom. The fourth-order valence-corrected chi connectivity index (χ4v) is 2.70. The summed E-state index contributed by atoms with van der Waals surface area (Å²) in [5.74, 6) is 0. The molecule has 0 aromatic carbocycles. The number of allylic oxidation sites excluding steroid dienone is 1. The Hall–Kier alpha value is -0.560. The third-order valence-electron chi connectivity index (χ3n) is 3.59. The van der Waals surface area contributed by atoms with E-state index >= 15 is 0 Å². The fraction of sp³-hybridized carbons (Fsp3) is 0.786. The van der Waals surface area contributed by atoms with Crippen molar-refractivity contribution in [2.45, 2.75) is 38.6 Å². The highest BCUT2D eigenvalue weighted by Crippen LogP contribution is 2.26. The van der Waals surface area contributed by atoms with Gasteiger partial charge in [-0.2, -0.15) is 0 Å². The summed E-state index contributed by atoms with van der Waals surface area (Å²) >= 11 is 0. The van der Waals surface area contributed by atoms with Gasteiger partial charge in [0.15, 0.2) is 0 Å². The second-order valence-electron chi connectivity index (χ2n) is 5.17. The van der Waals surface area contributed by atoms with E-state index in [9.17, 15) is 0 Å². The van der Waals surface area contributed by atoms with Gasteiger partial charge in [0.1, 0.15) is 0 Å². The van der Waals surface area contributed by atoms with Crippen molar-refractivity contribution in [2.75, 3.05) is 33.2 Å². The first-order chi connectivity index (χ1) is 7.62. The van der Waals surface area contributed by atoms with Crippen molar-refractivity contribution in [1.29, 1.82) is 0 Å². The van der Waals surface area contributed by atoms with E-state index in [0.29, 0.717) is 5.54 Å². The van der Waals surface area contributed by atoms with E-state index in [2.05, 4.69) is 49.1 Å². The molecule has 1 aliphatic heterocycles. The Balaban J connectivity index is 2.62. The average molecular weight is 222 g/mol. The molecular weight excluding hydrogens is 196 g/mol. The van der Waals surface area contributed by atoms with Crippen LogP contribution in [-0.4, -0.2) is 48.6 Å². The molecule has 1 aliphatic rings. The summed E-state index contributed by atoms with van der Waals surface area (Å²) in [6.07, 6.45) is 5.61. The molecule has 0 saturated carbocycles. The van der Waals surface area contributed by atoms with Gasteiger partial charge in [-0.1, -0.05) is 13.5 Å². The van der Waals surface area contributed by atoms with E-state index in [1.165, 1.54) is 39.0 Å². The van der Waals surface area contributed by atoms with Crippen LogP contribution in [0.2, 0.25) is 0 Å². The van der Waals surface area contributed by atoms with Crippen LogP contribution in [0.15, 0.2) is 18.4 Å². The van der Waals surface area contributed by atoms with Gasteiger partial charge in [-0.3, -0.25) is 4.90 Å². The van der Waals surface area contributed by atoms with Crippen molar-refractivity contribution >= 4 is 0 Å². The molecule has 1 atom stereocenters. The molecular formula is C14H26N2. The lowest BCUT2D eigenvalue weighted by Gasteiger charge is -2.48. The molecule has 0 N–H and O–H groups in total. The zero-order valence-electron chi connectivity index (χ0n) is 11.1. The molecule has 2 nitrogen and oxygen atoms in total. The summed E-state index contributed by atoms with van der Waals surface area (Å²) in [5, 5.41) is 0. The largest absolute Gasteiger partial charge is 0.303 e. The second kappa shape index (κ2) is 6.24. The van der Waals surface area contributed by atoms with Crippen LogP contribution < -0.4 is 0 Å². The number of piperazine rings is 1. The first kappa shape index (κ1) is 13.5. The van der Waals surface area contributed by atoms with Crippen LogP contribution in [0, 0.1) is 0 Å². The zero-order chi connectivity index (χ0) is 12.0. The summed E-state index contributed by atoms with van der Waals surface area (Å²) in [6, 6.07) is 0. The van der Waals surface area contributed by atoms with Crippen LogP contribution in [0.3, 0.4) is 0 Å². The molecule has 0 unspecified atom stereocenters. The maximum Gasteiger partial charge on any atom is 0.0311 e. The van der Waals surface area contributed by atoms with E-state index < -0.39 is 0 Å². The molecule has 0 aliphatic carbocycles. The summed E-state index contributed by atoms with van der Waals surface area (Å²) in [7, 11) is 2.23. The van der Waals surface area contributed by atoms with Crippen molar-refractivity contribution in [1.82, 2.24) is 9.80 Å². The van der Waals surface area contributed by atoms with Crippen molar-refractivity contribution in [2.24, 2.45) is 0 Å². The molecule has 16 heavy (non-hydrogen) atoms. The number of hydrogen-bond acceptors (Lipinski definition) is 2. The molecule has 1 rings (SSSR count). The first-order valence-corrected chi connectivity index (χ1v) is 6.40. The predicted octanol–water partition coefficient (Wildman–Crippen LogP) is 2.52. The predicted molar refractivity (Wildman–Crippen MR) is 70.7 cm³/mol. The maximum atomic E-state index is 3.63. The monoisotopic (exact) mass is 222 g/mol. The van der Waals surface area contributed by atoms with Crippen LogP contribution >= 0.6 is 0 Å². The highest BCUT2D eigenvalue weighted by Gasteiger charge is 2.34. The quantitative estimate of drug-likeness (QED) is 0.660. The number of likely N-dealkylation sites (N-methyl/N-ethyl adjacent to an activating group) is 1. The Morgan fingerprint density at radius 3 is 2.81 bits per heavy atom. The second-order valence-corrected chi connectivity index (χ2v) is 5.17.